The van der Waals surface area contributed by atoms with Crippen LogP contribution in [0.2, 0.25) is 0 Å². The number of nitrogens with one attached hydrogen (secondary N) is 1. The fourth-order valence-electron chi connectivity index (χ4n) is 3.49. The Bertz CT molecular complexity index is 1270. The van der Waals surface area contributed by atoms with Gasteiger partial charge < -0.3 is 15.8 Å². The molecule has 3 aromatic rings. The molecule has 0 saturated carbocycles. The van der Waals surface area contributed by atoms with Crippen molar-refractivity contribution in [2.45, 2.75) is 33.4 Å². The molecule has 0 aliphatic rings. The number of carbonyl (C=O) groups excluding carboxylic acids is 2. The highest BCUT2D eigenvalue weighted by atomic mass is 32.1. The van der Waals surface area contributed by atoms with Crippen molar-refractivity contribution >= 4 is 33.4 Å². The molecule has 3 N–H and O–H groups in total. The molecule has 10 heteroatoms. The number of methoxy groups -OCH3 is 1. The molecule has 2 amide bonds. The normalized spacial score (nSPS) is 10.9. The second-order valence-corrected chi connectivity index (χ2v) is 7.95. The molecule has 2 heterocycles. The Morgan fingerprint density at radius 3 is 2.55 bits per heavy atom. The second-order valence-electron chi connectivity index (χ2n) is 6.95. The first-order valence-electron chi connectivity index (χ1n) is 9.75. The number of hydrogen-bond acceptors (Lipinski definition) is 6. The summed E-state index contributed by atoms with van der Waals surface area (Å²) in [5.74, 6) is -0.430. The van der Waals surface area contributed by atoms with E-state index < -0.39 is 23.7 Å². The van der Waals surface area contributed by atoms with Gasteiger partial charge in [0.05, 0.1) is 17.4 Å². The van der Waals surface area contributed by atoms with Crippen molar-refractivity contribution < 1.29 is 14.3 Å². The van der Waals surface area contributed by atoms with Crippen LogP contribution >= 0.6 is 11.3 Å². The SMILES string of the molecule is CCNC(=O)c1sc2c(c1C)c(=O)n(CC(N)=O)c(=O)n2CCc1ccccc1OC. The lowest BCUT2D eigenvalue weighted by Crippen LogP contribution is -2.42. The number of aromatic nitrogens is 2. The van der Waals surface area contributed by atoms with Crippen LogP contribution < -0.4 is 27.0 Å². The Hall–Kier alpha value is -3.40. The Morgan fingerprint density at radius 2 is 1.90 bits per heavy atom. The smallest absolute Gasteiger partial charge is 0.332 e. The van der Waals surface area contributed by atoms with Gasteiger partial charge in [-0.3, -0.25) is 23.5 Å². The number of aryl methyl sites for hydroxylation is 3. The third-order valence-corrected chi connectivity index (χ3v) is 6.26. The number of thiophene rings is 1. The van der Waals surface area contributed by atoms with E-state index in [1.165, 1.54) is 4.57 Å². The van der Waals surface area contributed by atoms with E-state index in [-0.39, 0.29) is 17.8 Å². The summed E-state index contributed by atoms with van der Waals surface area (Å²) in [7, 11) is 1.57. The minimum Gasteiger partial charge on any atom is -0.496 e. The molecule has 31 heavy (non-hydrogen) atoms. The maximum Gasteiger partial charge on any atom is 0.332 e. The van der Waals surface area contributed by atoms with Crippen molar-refractivity contribution in [2.24, 2.45) is 5.73 Å². The van der Waals surface area contributed by atoms with E-state index in [0.29, 0.717) is 34.0 Å². The first kappa shape index (κ1) is 22.3. The summed E-state index contributed by atoms with van der Waals surface area (Å²) in [5.41, 5.74) is 5.35. The Labute approximate surface area is 182 Å². The molecule has 1 aromatic carbocycles. The predicted octanol–water partition coefficient (Wildman–Crippen LogP) is 1.02. The first-order valence-corrected chi connectivity index (χ1v) is 10.6. The topological polar surface area (TPSA) is 125 Å². The molecular formula is C21H24N4O5S. The second kappa shape index (κ2) is 9.17. The molecular weight excluding hydrogens is 420 g/mol. The van der Waals surface area contributed by atoms with Gasteiger partial charge in [-0.15, -0.1) is 11.3 Å². The van der Waals surface area contributed by atoms with Crippen LogP contribution in [0.4, 0.5) is 0 Å². The highest BCUT2D eigenvalue weighted by Crippen LogP contribution is 2.28. The maximum absolute atomic E-state index is 13.1. The molecule has 0 radical (unpaired) electrons. The van der Waals surface area contributed by atoms with Crippen LogP contribution in [0.1, 0.15) is 27.7 Å². The first-order chi connectivity index (χ1) is 14.8. The Kier molecular flexibility index (Phi) is 6.59. The van der Waals surface area contributed by atoms with Crippen LogP contribution in [0.25, 0.3) is 10.2 Å². The number of primary amides is 1. The molecule has 0 bridgehead atoms. The van der Waals surface area contributed by atoms with E-state index in [1.54, 1.807) is 21.0 Å². The molecule has 0 spiro atoms. The number of ether oxygens (including phenoxy) is 1. The average Bonchev–Trinajstić information content (AvgIpc) is 3.08. The minimum atomic E-state index is -0.799. The minimum absolute atomic E-state index is 0.226. The fourth-order valence-corrected chi connectivity index (χ4v) is 4.72. The number of fused-ring (bicyclic) bond motifs is 1. The van der Waals surface area contributed by atoms with Gasteiger partial charge in [-0.05, 0) is 37.5 Å². The van der Waals surface area contributed by atoms with Gasteiger partial charge in [0.15, 0.2) is 0 Å². The van der Waals surface area contributed by atoms with E-state index in [0.717, 1.165) is 21.5 Å². The predicted molar refractivity (Wildman–Crippen MR) is 119 cm³/mol. The van der Waals surface area contributed by atoms with Gasteiger partial charge in [0.1, 0.15) is 17.1 Å². The number of nitrogens with two attached hydrogens (primary N) is 1. The Balaban J connectivity index is 2.21. The number of hydrogen-bond donors (Lipinski definition) is 2. The van der Waals surface area contributed by atoms with Crippen LogP contribution in [0.15, 0.2) is 33.9 Å². The van der Waals surface area contributed by atoms with Crippen molar-refractivity contribution in [1.82, 2.24) is 14.5 Å². The number of amides is 2. The van der Waals surface area contributed by atoms with E-state index in [4.69, 9.17) is 10.5 Å². The lowest BCUT2D eigenvalue weighted by atomic mass is 10.1. The van der Waals surface area contributed by atoms with Crippen molar-refractivity contribution in [2.75, 3.05) is 13.7 Å². The van der Waals surface area contributed by atoms with E-state index in [9.17, 15) is 19.2 Å². The van der Waals surface area contributed by atoms with Crippen molar-refractivity contribution in [3.05, 3.63) is 61.1 Å². The molecule has 2 aromatic heterocycles. The number of carbonyl (C=O) groups is 2. The largest absolute Gasteiger partial charge is 0.496 e. The average molecular weight is 445 g/mol. The number of benzene rings is 1. The van der Waals surface area contributed by atoms with Crippen molar-refractivity contribution in [3.63, 3.8) is 0 Å². The summed E-state index contributed by atoms with van der Waals surface area (Å²) in [6, 6.07) is 7.43. The van der Waals surface area contributed by atoms with Crippen LogP contribution in [0.3, 0.4) is 0 Å². The van der Waals surface area contributed by atoms with Gasteiger partial charge >= 0.3 is 5.69 Å². The zero-order chi connectivity index (χ0) is 22.7. The zero-order valence-electron chi connectivity index (χ0n) is 17.6. The van der Waals surface area contributed by atoms with Crippen LogP contribution in [-0.2, 0) is 24.3 Å². The van der Waals surface area contributed by atoms with Gasteiger partial charge in [-0.2, -0.15) is 0 Å². The lowest BCUT2D eigenvalue weighted by molar-refractivity contribution is -0.118. The van der Waals surface area contributed by atoms with E-state index in [1.807, 2.05) is 24.3 Å². The van der Waals surface area contributed by atoms with Gasteiger partial charge in [0, 0.05) is 13.1 Å². The number of rotatable bonds is 8. The number of para-hydroxylation sites is 1. The van der Waals surface area contributed by atoms with E-state index >= 15 is 0 Å². The summed E-state index contributed by atoms with van der Waals surface area (Å²) in [5, 5.41) is 2.96. The third-order valence-electron chi connectivity index (χ3n) is 4.95. The van der Waals surface area contributed by atoms with Crippen molar-refractivity contribution in [1.29, 1.82) is 0 Å². The molecule has 3 rings (SSSR count). The molecule has 0 fully saturated rings. The highest BCUT2D eigenvalue weighted by molar-refractivity contribution is 7.20. The Morgan fingerprint density at radius 1 is 1.19 bits per heavy atom. The number of nitrogens with zero attached hydrogens (tertiary/aromatic N) is 2. The van der Waals surface area contributed by atoms with Crippen LogP contribution in [0, 0.1) is 6.92 Å². The molecule has 164 valence electrons. The van der Waals surface area contributed by atoms with Crippen LogP contribution in [0.5, 0.6) is 5.75 Å². The summed E-state index contributed by atoms with van der Waals surface area (Å²) in [4.78, 5) is 50.9. The molecule has 0 unspecified atom stereocenters. The van der Waals surface area contributed by atoms with Gasteiger partial charge in [-0.1, -0.05) is 18.2 Å². The van der Waals surface area contributed by atoms with Crippen molar-refractivity contribution in [3.8, 4) is 5.75 Å². The summed E-state index contributed by atoms with van der Waals surface area (Å²) in [6.45, 7) is 3.58. The van der Waals surface area contributed by atoms with Gasteiger partial charge in [0.2, 0.25) is 5.91 Å². The molecule has 0 atom stereocenters. The zero-order valence-corrected chi connectivity index (χ0v) is 18.4. The summed E-state index contributed by atoms with van der Waals surface area (Å²) < 4.78 is 7.63. The standard InChI is InChI=1S/C21H24N4O5S/c1-4-23-18(27)17-12(2)16-19(28)25(11-15(22)26)21(29)24(20(16)31-17)10-9-13-7-5-6-8-14(13)30-3/h5-8H,4,9-11H2,1-3H3,(H2,22,26)(H,23,27). The van der Waals surface area contributed by atoms with E-state index in [2.05, 4.69) is 5.32 Å². The fraction of sp³-hybridized carbons (Fsp3) is 0.333. The van der Waals surface area contributed by atoms with Gasteiger partial charge in [-0.25, -0.2) is 4.79 Å². The maximum atomic E-state index is 13.1. The molecule has 0 aliphatic carbocycles. The highest BCUT2D eigenvalue weighted by Gasteiger charge is 2.23. The molecule has 0 saturated heterocycles. The summed E-state index contributed by atoms with van der Waals surface area (Å²) >= 11 is 1.09. The molecule has 9 nitrogen and oxygen atoms in total. The lowest BCUT2D eigenvalue weighted by Gasteiger charge is -2.13. The summed E-state index contributed by atoms with van der Waals surface area (Å²) in [6.07, 6.45) is 0.446. The monoisotopic (exact) mass is 444 g/mol. The molecule has 0 aliphatic heterocycles. The van der Waals surface area contributed by atoms with Gasteiger partial charge in [0.25, 0.3) is 11.5 Å². The quantitative estimate of drug-likeness (QED) is 0.537. The van der Waals surface area contributed by atoms with Crippen LogP contribution in [-0.4, -0.2) is 34.6 Å². The third kappa shape index (κ3) is 4.24.